The second-order valence-corrected chi connectivity index (χ2v) is 4.94. The van der Waals surface area contributed by atoms with Gasteiger partial charge in [0.15, 0.2) is 0 Å². The Hall–Kier alpha value is -1.13. The molecule has 0 aliphatic heterocycles. The highest BCUT2D eigenvalue weighted by Gasteiger charge is 2.29. The fourth-order valence-electron chi connectivity index (χ4n) is 2.79. The third kappa shape index (κ3) is 2.49. The Bertz CT molecular complexity index is 411. The molecule has 100 valence electrons. The lowest BCUT2D eigenvalue weighted by molar-refractivity contribution is 0.106. The Morgan fingerprint density at radius 3 is 2.72 bits per heavy atom. The summed E-state index contributed by atoms with van der Waals surface area (Å²) in [5.74, 6) is -0.346. The maximum Gasteiger partial charge on any atom is 0.146 e. The lowest BCUT2D eigenvalue weighted by Crippen LogP contribution is -2.44. The fourth-order valence-corrected chi connectivity index (χ4v) is 2.79. The smallest absolute Gasteiger partial charge is 0.146 e. The van der Waals surface area contributed by atoms with Gasteiger partial charge in [0, 0.05) is 12.6 Å². The van der Waals surface area contributed by atoms with Gasteiger partial charge in [-0.05, 0) is 18.9 Å². The SMILES string of the molecule is CN(c1c(F)cccc1CO)C1CCCCC1O. The predicted molar refractivity (Wildman–Crippen MR) is 69.0 cm³/mol. The number of aliphatic hydroxyl groups is 2. The van der Waals surface area contributed by atoms with E-state index in [1.807, 2.05) is 0 Å². The van der Waals surface area contributed by atoms with Gasteiger partial charge in [0.2, 0.25) is 0 Å². The average Bonchev–Trinajstić information content (AvgIpc) is 2.38. The van der Waals surface area contributed by atoms with E-state index >= 15 is 0 Å². The predicted octanol–water partition coefficient (Wildman–Crippen LogP) is 2.06. The van der Waals surface area contributed by atoms with Crippen molar-refractivity contribution in [1.29, 1.82) is 0 Å². The molecule has 0 spiro atoms. The summed E-state index contributed by atoms with van der Waals surface area (Å²) >= 11 is 0. The van der Waals surface area contributed by atoms with Crippen LogP contribution in [-0.4, -0.2) is 29.4 Å². The first-order chi connectivity index (χ1) is 8.65. The molecule has 0 aromatic heterocycles. The summed E-state index contributed by atoms with van der Waals surface area (Å²) in [5.41, 5.74) is 0.973. The lowest BCUT2D eigenvalue weighted by atomic mass is 9.91. The van der Waals surface area contributed by atoms with E-state index in [0.717, 1.165) is 25.7 Å². The van der Waals surface area contributed by atoms with Crippen molar-refractivity contribution in [2.75, 3.05) is 11.9 Å². The van der Waals surface area contributed by atoms with Crippen molar-refractivity contribution < 1.29 is 14.6 Å². The number of hydrogen-bond donors (Lipinski definition) is 2. The Morgan fingerprint density at radius 2 is 2.06 bits per heavy atom. The van der Waals surface area contributed by atoms with Crippen molar-refractivity contribution in [3.05, 3.63) is 29.6 Å². The number of benzene rings is 1. The van der Waals surface area contributed by atoms with E-state index in [9.17, 15) is 14.6 Å². The van der Waals surface area contributed by atoms with Crippen LogP contribution in [0.1, 0.15) is 31.2 Å². The molecule has 2 N–H and O–H groups in total. The first-order valence-corrected chi connectivity index (χ1v) is 6.44. The second kappa shape index (κ2) is 5.67. The highest BCUT2D eigenvalue weighted by atomic mass is 19.1. The summed E-state index contributed by atoms with van der Waals surface area (Å²) in [6, 6.07) is 4.63. The van der Waals surface area contributed by atoms with E-state index in [2.05, 4.69) is 0 Å². The van der Waals surface area contributed by atoms with Crippen LogP contribution in [0.15, 0.2) is 18.2 Å². The molecular formula is C14H20FNO2. The number of rotatable bonds is 3. The van der Waals surface area contributed by atoms with Crippen LogP contribution >= 0.6 is 0 Å². The molecule has 1 aromatic rings. The van der Waals surface area contributed by atoms with Gasteiger partial charge >= 0.3 is 0 Å². The van der Waals surface area contributed by atoms with Gasteiger partial charge in [0.1, 0.15) is 5.82 Å². The molecule has 0 heterocycles. The van der Waals surface area contributed by atoms with Crippen molar-refractivity contribution >= 4 is 5.69 Å². The molecule has 1 fully saturated rings. The zero-order valence-corrected chi connectivity index (χ0v) is 10.6. The number of para-hydroxylation sites is 1. The van der Waals surface area contributed by atoms with Crippen LogP contribution < -0.4 is 4.90 Å². The molecule has 4 heteroatoms. The Balaban J connectivity index is 2.29. The molecular weight excluding hydrogens is 233 g/mol. The molecule has 1 aliphatic rings. The van der Waals surface area contributed by atoms with Crippen LogP contribution in [0.5, 0.6) is 0 Å². The molecule has 0 saturated heterocycles. The summed E-state index contributed by atoms with van der Waals surface area (Å²) in [6.45, 7) is -0.194. The number of hydrogen-bond acceptors (Lipinski definition) is 3. The van der Waals surface area contributed by atoms with Crippen LogP contribution in [0.3, 0.4) is 0 Å². The first-order valence-electron chi connectivity index (χ1n) is 6.44. The van der Waals surface area contributed by atoms with Crippen molar-refractivity contribution in [2.45, 2.75) is 44.4 Å². The number of nitrogens with zero attached hydrogens (tertiary/aromatic N) is 1. The quantitative estimate of drug-likeness (QED) is 0.866. The van der Waals surface area contributed by atoms with Gasteiger partial charge in [-0.3, -0.25) is 0 Å². The summed E-state index contributed by atoms with van der Waals surface area (Å²) in [5, 5.41) is 19.3. The van der Waals surface area contributed by atoms with E-state index in [-0.39, 0.29) is 18.5 Å². The van der Waals surface area contributed by atoms with Crippen LogP contribution in [0.4, 0.5) is 10.1 Å². The Kier molecular flexibility index (Phi) is 4.19. The zero-order chi connectivity index (χ0) is 13.1. The van der Waals surface area contributed by atoms with Gasteiger partial charge in [-0.1, -0.05) is 25.0 Å². The third-order valence-electron chi connectivity index (χ3n) is 3.78. The molecule has 2 atom stereocenters. The van der Waals surface area contributed by atoms with Gasteiger partial charge in [0.05, 0.1) is 24.4 Å². The largest absolute Gasteiger partial charge is 0.392 e. The molecule has 2 rings (SSSR count). The molecule has 0 radical (unpaired) electrons. The molecule has 18 heavy (non-hydrogen) atoms. The maximum absolute atomic E-state index is 13.9. The summed E-state index contributed by atoms with van der Waals surface area (Å²) in [6.07, 6.45) is 3.27. The fraction of sp³-hybridized carbons (Fsp3) is 0.571. The van der Waals surface area contributed by atoms with E-state index in [4.69, 9.17) is 0 Å². The maximum atomic E-state index is 13.9. The Morgan fingerprint density at radius 1 is 1.33 bits per heavy atom. The molecule has 1 saturated carbocycles. The topological polar surface area (TPSA) is 43.7 Å². The number of halogens is 1. The summed E-state index contributed by atoms with van der Waals surface area (Å²) in [4.78, 5) is 1.78. The van der Waals surface area contributed by atoms with Gasteiger partial charge in [-0.25, -0.2) is 4.39 Å². The minimum atomic E-state index is -0.421. The van der Waals surface area contributed by atoms with Crippen LogP contribution in [-0.2, 0) is 6.61 Å². The number of likely N-dealkylation sites (N-methyl/N-ethyl adjacent to an activating group) is 1. The first kappa shape index (κ1) is 13.3. The number of aliphatic hydroxyl groups excluding tert-OH is 2. The second-order valence-electron chi connectivity index (χ2n) is 4.94. The van der Waals surface area contributed by atoms with Gasteiger partial charge in [-0.15, -0.1) is 0 Å². The molecule has 3 nitrogen and oxygen atoms in total. The highest BCUT2D eigenvalue weighted by molar-refractivity contribution is 5.55. The lowest BCUT2D eigenvalue weighted by Gasteiger charge is -2.37. The van der Waals surface area contributed by atoms with E-state index in [1.54, 1.807) is 24.1 Å². The molecule has 1 aliphatic carbocycles. The van der Waals surface area contributed by atoms with Crippen LogP contribution in [0.25, 0.3) is 0 Å². The van der Waals surface area contributed by atoms with E-state index in [0.29, 0.717) is 11.3 Å². The van der Waals surface area contributed by atoms with Crippen molar-refractivity contribution in [3.63, 3.8) is 0 Å². The van der Waals surface area contributed by atoms with E-state index < -0.39 is 6.10 Å². The average molecular weight is 253 g/mol. The normalized spacial score (nSPS) is 24.0. The molecule has 1 aromatic carbocycles. The van der Waals surface area contributed by atoms with Crippen LogP contribution in [0, 0.1) is 5.82 Å². The van der Waals surface area contributed by atoms with Crippen molar-refractivity contribution in [1.82, 2.24) is 0 Å². The van der Waals surface area contributed by atoms with E-state index in [1.165, 1.54) is 6.07 Å². The number of anilines is 1. The van der Waals surface area contributed by atoms with Crippen LogP contribution in [0.2, 0.25) is 0 Å². The minimum Gasteiger partial charge on any atom is -0.392 e. The summed E-state index contributed by atoms with van der Waals surface area (Å²) in [7, 11) is 1.79. The summed E-state index contributed by atoms with van der Waals surface area (Å²) < 4.78 is 13.9. The monoisotopic (exact) mass is 253 g/mol. The minimum absolute atomic E-state index is 0.0686. The Labute approximate surface area is 107 Å². The standard InChI is InChI=1S/C14H20FNO2/c1-16(12-7-2-3-8-13(12)18)14-10(9-17)5-4-6-11(14)15/h4-6,12-13,17-18H,2-3,7-9H2,1H3. The zero-order valence-electron chi connectivity index (χ0n) is 10.6. The van der Waals surface area contributed by atoms with Crippen molar-refractivity contribution in [3.8, 4) is 0 Å². The van der Waals surface area contributed by atoms with Gasteiger partial charge < -0.3 is 15.1 Å². The van der Waals surface area contributed by atoms with Crippen molar-refractivity contribution in [2.24, 2.45) is 0 Å². The van der Waals surface area contributed by atoms with Gasteiger partial charge in [0.25, 0.3) is 0 Å². The molecule has 0 amide bonds. The molecule has 0 bridgehead atoms. The molecule has 2 unspecified atom stereocenters. The third-order valence-corrected chi connectivity index (χ3v) is 3.78. The highest BCUT2D eigenvalue weighted by Crippen LogP contribution is 2.30. The van der Waals surface area contributed by atoms with Gasteiger partial charge in [-0.2, -0.15) is 0 Å².